The van der Waals surface area contributed by atoms with Crippen LogP contribution in [0.3, 0.4) is 0 Å². The largest absolute Gasteiger partial charge is 0.458 e. The van der Waals surface area contributed by atoms with Gasteiger partial charge in [-0.25, -0.2) is 4.79 Å². The Morgan fingerprint density at radius 2 is 2.10 bits per heavy atom. The first-order valence-electron chi connectivity index (χ1n) is 9.67. The van der Waals surface area contributed by atoms with Crippen LogP contribution >= 0.6 is 23.0 Å². The van der Waals surface area contributed by atoms with Crippen LogP contribution in [-0.4, -0.2) is 34.3 Å². The van der Waals surface area contributed by atoms with Crippen LogP contribution in [-0.2, 0) is 23.3 Å². The summed E-state index contributed by atoms with van der Waals surface area (Å²) in [6.45, 7) is 2.21. The zero-order chi connectivity index (χ0) is 21.8. The van der Waals surface area contributed by atoms with E-state index in [0.717, 1.165) is 16.6 Å². The summed E-state index contributed by atoms with van der Waals surface area (Å²) in [5, 5.41) is 5.75. The Morgan fingerprint density at radius 1 is 1.26 bits per heavy atom. The Balaban J connectivity index is 1.56. The quantitative estimate of drug-likeness (QED) is 0.386. The van der Waals surface area contributed by atoms with Crippen molar-refractivity contribution in [1.29, 1.82) is 0 Å². The molecule has 2 aliphatic rings. The van der Waals surface area contributed by atoms with Gasteiger partial charge in [0.15, 0.2) is 28.5 Å². The van der Waals surface area contributed by atoms with Crippen LogP contribution in [0.1, 0.15) is 34.3 Å². The maximum Gasteiger partial charge on any atom is 0.322 e. The third-order valence-electron chi connectivity index (χ3n) is 5.70. The van der Waals surface area contributed by atoms with Crippen molar-refractivity contribution in [1.82, 2.24) is 20.5 Å². The molecule has 31 heavy (non-hydrogen) atoms. The van der Waals surface area contributed by atoms with Crippen molar-refractivity contribution in [3.63, 3.8) is 0 Å². The van der Waals surface area contributed by atoms with Crippen molar-refractivity contribution in [2.75, 3.05) is 6.54 Å². The molecule has 10 heteroatoms. The van der Waals surface area contributed by atoms with Crippen LogP contribution in [0, 0.1) is 0 Å². The number of benzene rings is 1. The van der Waals surface area contributed by atoms with Gasteiger partial charge in [-0.2, -0.15) is 0 Å². The average molecular weight is 532 g/mol. The summed E-state index contributed by atoms with van der Waals surface area (Å²) in [5.41, 5.74) is 1.18. The number of nitrogens with one attached hydrogen (secondary N) is 2. The van der Waals surface area contributed by atoms with E-state index in [9.17, 15) is 14.4 Å². The maximum absolute atomic E-state index is 13.1. The van der Waals surface area contributed by atoms with Crippen molar-refractivity contribution in [3.05, 3.63) is 59.1 Å². The summed E-state index contributed by atoms with van der Waals surface area (Å²) in [7, 11) is 0. The van der Waals surface area contributed by atoms with Gasteiger partial charge in [0, 0.05) is 23.7 Å². The molecule has 2 aromatic heterocycles. The molecule has 1 atom stereocenters. The van der Waals surface area contributed by atoms with E-state index in [1.165, 1.54) is 4.90 Å². The number of rotatable bonds is 5. The summed E-state index contributed by atoms with van der Waals surface area (Å²) in [5.74, 6) is 0.00917. The minimum Gasteiger partial charge on any atom is -0.458 e. The molecule has 0 saturated carbocycles. The number of carbonyl (C=O) groups excluding carboxylic acids is 3. The first-order chi connectivity index (χ1) is 14.9. The Kier molecular flexibility index (Phi) is 4.61. The minimum atomic E-state index is -1.54. The van der Waals surface area contributed by atoms with Crippen LogP contribution in [0.25, 0.3) is 11.0 Å². The number of nitrogens with zero attached hydrogens (tertiary/aromatic N) is 2. The van der Waals surface area contributed by atoms with E-state index in [-0.39, 0.29) is 18.2 Å². The number of urea groups is 1. The number of amides is 4. The molecule has 0 spiro atoms. The molecule has 0 radical (unpaired) electrons. The summed E-state index contributed by atoms with van der Waals surface area (Å²) in [6.07, 6.45) is 2.32. The molecule has 0 aliphatic carbocycles. The number of hydrogen-bond acceptors (Lipinski definition) is 6. The molecule has 1 fully saturated rings. The number of aryl methyl sites for hydroxylation is 1. The number of pyridine rings is 1. The Bertz CT molecular complexity index is 1260. The van der Waals surface area contributed by atoms with Gasteiger partial charge in [0.1, 0.15) is 17.1 Å². The topological polar surface area (TPSA) is 114 Å². The highest BCUT2D eigenvalue weighted by atomic mass is 127. The second-order valence-corrected chi connectivity index (χ2v) is 7.94. The molecule has 4 amide bonds. The van der Waals surface area contributed by atoms with E-state index < -0.39 is 17.5 Å². The summed E-state index contributed by atoms with van der Waals surface area (Å²) in [6, 6.07) is 8.07. The van der Waals surface area contributed by atoms with E-state index in [4.69, 9.17) is 7.48 Å². The number of halogens is 1. The summed E-state index contributed by atoms with van der Waals surface area (Å²) < 4.78 is 11.2. The van der Waals surface area contributed by atoms with Crippen LogP contribution in [0.2, 0.25) is 0 Å². The Labute approximate surface area is 190 Å². The molecule has 1 aromatic carbocycles. The third kappa shape index (κ3) is 3.04. The third-order valence-corrected chi connectivity index (χ3v) is 6.21. The minimum absolute atomic E-state index is 0.0762. The van der Waals surface area contributed by atoms with Crippen molar-refractivity contribution in [3.8, 4) is 5.75 Å². The van der Waals surface area contributed by atoms with Gasteiger partial charge in [-0.1, -0.05) is 13.0 Å². The fourth-order valence-corrected chi connectivity index (χ4v) is 4.44. The van der Waals surface area contributed by atoms with Crippen LogP contribution < -0.4 is 13.7 Å². The molecule has 158 valence electrons. The maximum atomic E-state index is 13.1. The Hall–Kier alpha value is -3.15. The fourth-order valence-electron chi connectivity index (χ4n) is 4.17. The van der Waals surface area contributed by atoms with E-state index in [2.05, 4.69) is 15.6 Å². The second-order valence-electron chi connectivity index (χ2n) is 7.50. The number of aromatic nitrogens is 1. The van der Waals surface area contributed by atoms with E-state index >= 15 is 0 Å². The monoisotopic (exact) mass is 532 g/mol. The lowest BCUT2D eigenvalue weighted by Crippen LogP contribution is -2.52. The summed E-state index contributed by atoms with van der Waals surface area (Å²) >= 11 is 1.76. The molecule has 2 N–H and O–H groups in total. The molecule has 0 unspecified atom stereocenters. The number of fused-ring (bicyclic) bond motifs is 2. The fraction of sp³-hybridized carbons (Fsp3) is 0.238. The smallest absolute Gasteiger partial charge is 0.322 e. The standard InChI is InChI=1S/C21H17IN4O5/c1-2-15-14-8-17(30-16(14)5-6-23-15)21(19(28)24-20(29)25-21)10-26-9-11-3-4-12(31-22)7-13(11)18(26)27/h3-8H,2,9-10H2,1H3,(H2,24,25,28,29)/t21-/m0/s1. The van der Waals surface area contributed by atoms with Gasteiger partial charge in [-0.05, 0) is 36.2 Å². The number of hydrogen-bond donors (Lipinski definition) is 2. The lowest BCUT2D eigenvalue weighted by Gasteiger charge is -2.29. The number of furan rings is 1. The lowest BCUT2D eigenvalue weighted by atomic mass is 9.95. The van der Waals surface area contributed by atoms with Crippen LogP contribution in [0.4, 0.5) is 4.79 Å². The van der Waals surface area contributed by atoms with Crippen molar-refractivity contribution in [2.24, 2.45) is 0 Å². The highest BCUT2D eigenvalue weighted by Crippen LogP contribution is 2.35. The normalized spacial score (nSPS) is 20.2. The average Bonchev–Trinajstić information content (AvgIpc) is 3.42. The van der Waals surface area contributed by atoms with Gasteiger partial charge in [-0.3, -0.25) is 19.9 Å². The van der Waals surface area contributed by atoms with Gasteiger partial charge in [0.2, 0.25) is 0 Å². The molecule has 1 saturated heterocycles. The van der Waals surface area contributed by atoms with Crippen molar-refractivity contribution in [2.45, 2.75) is 25.4 Å². The zero-order valence-electron chi connectivity index (χ0n) is 16.4. The van der Waals surface area contributed by atoms with Crippen molar-refractivity contribution < 1.29 is 21.9 Å². The highest BCUT2D eigenvalue weighted by Gasteiger charge is 2.53. The molecule has 9 nitrogen and oxygen atoms in total. The molecule has 0 bridgehead atoms. The first kappa shape index (κ1) is 19.8. The van der Waals surface area contributed by atoms with Gasteiger partial charge < -0.3 is 17.7 Å². The molecule has 4 heterocycles. The SMILES string of the molecule is CCc1nccc2oc([C@]3(CN4Cc5ccc(OI)cc5C4=O)NC(=O)NC3=O)cc12. The van der Waals surface area contributed by atoms with Gasteiger partial charge in [0.05, 0.1) is 12.2 Å². The molecular formula is C21H17IN4O5. The van der Waals surface area contributed by atoms with Gasteiger partial charge in [-0.15, -0.1) is 0 Å². The summed E-state index contributed by atoms with van der Waals surface area (Å²) in [4.78, 5) is 44.0. The molecule has 3 aromatic rings. The predicted octanol–water partition coefficient (Wildman–Crippen LogP) is 2.81. The second kappa shape index (κ2) is 7.22. The highest BCUT2D eigenvalue weighted by molar-refractivity contribution is 14.1. The zero-order valence-corrected chi connectivity index (χ0v) is 18.6. The Morgan fingerprint density at radius 3 is 2.81 bits per heavy atom. The molecular weight excluding hydrogens is 515 g/mol. The number of imide groups is 1. The van der Waals surface area contributed by atoms with E-state index in [1.807, 2.05) is 13.0 Å². The van der Waals surface area contributed by atoms with E-state index in [1.54, 1.807) is 53.5 Å². The number of carbonyl (C=O) groups is 3. The van der Waals surface area contributed by atoms with Crippen LogP contribution in [0.5, 0.6) is 5.75 Å². The van der Waals surface area contributed by atoms with Crippen LogP contribution in [0.15, 0.2) is 40.9 Å². The van der Waals surface area contributed by atoms with Crippen molar-refractivity contribution >= 4 is 51.8 Å². The molecule has 5 rings (SSSR count). The lowest BCUT2D eigenvalue weighted by molar-refractivity contribution is -0.125. The van der Waals surface area contributed by atoms with E-state index in [0.29, 0.717) is 29.9 Å². The van der Waals surface area contributed by atoms with Gasteiger partial charge >= 0.3 is 6.03 Å². The molecule has 2 aliphatic heterocycles. The first-order valence-corrected chi connectivity index (χ1v) is 10.6. The van der Waals surface area contributed by atoms with Gasteiger partial charge in [0.25, 0.3) is 11.8 Å². The predicted molar refractivity (Wildman–Crippen MR) is 118 cm³/mol.